The molecule has 0 heterocycles. The SMILES string of the molecule is O=C(O)CN(CCC(=O)NC1CC1)CC(=O)O. The van der Waals surface area contributed by atoms with E-state index in [0.717, 1.165) is 12.8 Å². The highest BCUT2D eigenvalue weighted by Gasteiger charge is 2.23. The van der Waals surface area contributed by atoms with Crippen LogP contribution in [0.5, 0.6) is 0 Å². The van der Waals surface area contributed by atoms with Gasteiger partial charge in [0.1, 0.15) is 0 Å². The molecule has 17 heavy (non-hydrogen) atoms. The van der Waals surface area contributed by atoms with Gasteiger partial charge in [-0.25, -0.2) is 0 Å². The summed E-state index contributed by atoms with van der Waals surface area (Å²) in [4.78, 5) is 33.5. The van der Waals surface area contributed by atoms with Gasteiger partial charge in [0.25, 0.3) is 0 Å². The molecule has 0 aromatic carbocycles. The van der Waals surface area contributed by atoms with E-state index < -0.39 is 11.9 Å². The van der Waals surface area contributed by atoms with Crippen LogP contribution in [0.2, 0.25) is 0 Å². The number of carbonyl (C=O) groups is 3. The number of hydrogen-bond donors (Lipinski definition) is 3. The quantitative estimate of drug-likeness (QED) is 0.512. The Hall–Kier alpha value is -1.63. The maximum atomic E-state index is 11.3. The van der Waals surface area contributed by atoms with Crippen molar-refractivity contribution in [3.63, 3.8) is 0 Å². The Morgan fingerprint density at radius 2 is 1.65 bits per heavy atom. The number of aliphatic carboxylic acids is 2. The summed E-state index contributed by atoms with van der Waals surface area (Å²) in [7, 11) is 0. The number of nitrogens with one attached hydrogen (secondary N) is 1. The third kappa shape index (κ3) is 6.52. The number of hydrogen-bond acceptors (Lipinski definition) is 4. The van der Waals surface area contributed by atoms with E-state index in [0.29, 0.717) is 0 Å². The summed E-state index contributed by atoms with van der Waals surface area (Å²) in [5.41, 5.74) is 0. The Morgan fingerprint density at radius 3 is 2.06 bits per heavy atom. The van der Waals surface area contributed by atoms with Crippen molar-refractivity contribution >= 4 is 17.8 Å². The van der Waals surface area contributed by atoms with Crippen LogP contribution in [0.3, 0.4) is 0 Å². The molecule has 0 radical (unpaired) electrons. The zero-order chi connectivity index (χ0) is 12.8. The monoisotopic (exact) mass is 244 g/mol. The zero-order valence-corrected chi connectivity index (χ0v) is 9.39. The van der Waals surface area contributed by atoms with E-state index >= 15 is 0 Å². The fraction of sp³-hybridized carbons (Fsp3) is 0.700. The first-order chi connectivity index (χ1) is 7.97. The van der Waals surface area contributed by atoms with Crippen LogP contribution in [0.1, 0.15) is 19.3 Å². The van der Waals surface area contributed by atoms with Gasteiger partial charge < -0.3 is 15.5 Å². The van der Waals surface area contributed by atoms with E-state index in [1.54, 1.807) is 0 Å². The molecule has 0 aromatic rings. The smallest absolute Gasteiger partial charge is 0.317 e. The van der Waals surface area contributed by atoms with E-state index in [-0.39, 0.29) is 38.0 Å². The Labute approximate surface area is 98.4 Å². The predicted molar refractivity (Wildman–Crippen MR) is 57.5 cm³/mol. The molecule has 0 atom stereocenters. The molecule has 7 heteroatoms. The maximum Gasteiger partial charge on any atom is 0.317 e. The molecule has 0 saturated heterocycles. The minimum Gasteiger partial charge on any atom is -0.480 e. The lowest BCUT2D eigenvalue weighted by atomic mass is 10.3. The number of carboxylic acid groups (broad SMARTS) is 2. The predicted octanol–water partition coefficient (Wildman–Crippen LogP) is -0.874. The molecule has 1 rings (SSSR count). The molecule has 1 fully saturated rings. The number of carbonyl (C=O) groups excluding carboxylic acids is 1. The Balaban J connectivity index is 2.27. The van der Waals surface area contributed by atoms with E-state index in [1.165, 1.54) is 4.90 Å². The summed E-state index contributed by atoms with van der Waals surface area (Å²) in [5, 5.41) is 19.9. The summed E-state index contributed by atoms with van der Waals surface area (Å²) in [6, 6.07) is 0.259. The molecule has 0 bridgehead atoms. The number of amides is 1. The van der Waals surface area contributed by atoms with Crippen molar-refractivity contribution in [1.82, 2.24) is 10.2 Å². The van der Waals surface area contributed by atoms with Gasteiger partial charge >= 0.3 is 11.9 Å². The molecule has 3 N–H and O–H groups in total. The van der Waals surface area contributed by atoms with Gasteiger partial charge in [0.05, 0.1) is 13.1 Å². The fourth-order valence-corrected chi connectivity index (χ4v) is 1.38. The summed E-state index contributed by atoms with van der Waals surface area (Å²) in [6.07, 6.45) is 2.09. The first-order valence-electron chi connectivity index (χ1n) is 5.42. The molecule has 1 saturated carbocycles. The van der Waals surface area contributed by atoms with Crippen molar-refractivity contribution in [1.29, 1.82) is 0 Å². The van der Waals surface area contributed by atoms with Crippen molar-refractivity contribution in [2.45, 2.75) is 25.3 Å². The van der Waals surface area contributed by atoms with Crippen molar-refractivity contribution < 1.29 is 24.6 Å². The summed E-state index contributed by atoms with van der Waals surface area (Å²) < 4.78 is 0. The normalized spacial score (nSPS) is 14.6. The van der Waals surface area contributed by atoms with Gasteiger partial charge in [0, 0.05) is 19.0 Å². The van der Waals surface area contributed by atoms with E-state index in [1.807, 2.05) is 0 Å². The van der Waals surface area contributed by atoms with Crippen LogP contribution in [-0.4, -0.2) is 58.6 Å². The number of rotatable bonds is 8. The van der Waals surface area contributed by atoms with Gasteiger partial charge in [0.2, 0.25) is 5.91 Å². The van der Waals surface area contributed by atoms with Crippen molar-refractivity contribution in [3.05, 3.63) is 0 Å². The minimum atomic E-state index is -1.10. The molecule has 0 spiro atoms. The van der Waals surface area contributed by atoms with E-state index in [4.69, 9.17) is 10.2 Å². The molecular formula is C10H16N2O5. The largest absolute Gasteiger partial charge is 0.480 e. The summed E-state index contributed by atoms with van der Waals surface area (Å²) in [5.74, 6) is -2.36. The lowest BCUT2D eigenvalue weighted by Crippen LogP contribution is -2.37. The van der Waals surface area contributed by atoms with Crippen LogP contribution >= 0.6 is 0 Å². The minimum absolute atomic E-state index is 0.122. The average molecular weight is 244 g/mol. The summed E-state index contributed by atoms with van der Waals surface area (Å²) >= 11 is 0. The van der Waals surface area contributed by atoms with Gasteiger partial charge in [-0.2, -0.15) is 0 Å². The molecule has 0 unspecified atom stereocenters. The molecule has 96 valence electrons. The van der Waals surface area contributed by atoms with Crippen LogP contribution in [-0.2, 0) is 14.4 Å². The standard InChI is InChI=1S/C10H16N2O5/c13-8(11-7-1-2-7)3-4-12(5-9(14)15)6-10(16)17/h7H,1-6H2,(H,11,13)(H,14,15)(H,16,17). The maximum absolute atomic E-state index is 11.3. The first kappa shape index (κ1) is 13.4. The molecule has 1 aliphatic rings. The lowest BCUT2D eigenvalue weighted by Gasteiger charge is -2.17. The zero-order valence-electron chi connectivity index (χ0n) is 9.39. The van der Waals surface area contributed by atoms with Crippen molar-refractivity contribution in [2.24, 2.45) is 0 Å². The highest BCUT2D eigenvalue weighted by atomic mass is 16.4. The van der Waals surface area contributed by atoms with Crippen LogP contribution in [0.4, 0.5) is 0 Å². The van der Waals surface area contributed by atoms with Gasteiger partial charge in [0.15, 0.2) is 0 Å². The van der Waals surface area contributed by atoms with Crippen LogP contribution in [0, 0.1) is 0 Å². The Morgan fingerprint density at radius 1 is 1.12 bits per heavy atom. The molecule has 7 nitrogen and oxygen atoms in total. The third-order valence-electron chi connectivity index (χ3n) is 2.32. The van der Waals surface area contributed by atoms with Crippen LogP contribution in [0.15, 0.2) is 0 Å². The molecule has 0 aliphatic heterocycles. The Bertz CT molecular complexity index is 298. The number of carboxylic acids is 2. The fourth-order valence-electron chi connectivity index (χ4n) is 1.38. The Kier molecular flexibility index (Phi) is 4.89. The lowest BCUT2D eigenvalue weighted by molar-refractivity contribution is -0.142. The van der Waals surface area contributed by atoms with Crippen LogP contribution in [0.25, 0.3) is 0 Å². The van der Waals surface area contributed by atoms with Crippen molar-refractivity contribution in [3.8, 4) is 0 Å². The van der Waals surface area contributed by atoms with Gasteiger partial charge in [-0.3, -0.25) is 19.3 Å². The van der Waals surface area contributed by atoms with Gasteiger partial charge in [-0.05, 0) is 12.8 Å². The second kappa shape index (κ2) is 6.19. The average Bonchev–Trinajstić information content (AvgIpc) is 2.96. The topological polar surface area (TPSA) is 107 Å². The molecular weight excluding hydrogens is 228 g/mol. The second-order valence-corrected chi connectivity index (χ2v) is 4.09. The second-order valence-electron chi connectivity index (χ2n) is 4.09. The number of nitrogens with zero attached hydrogens (tertiary/aromatic N) is 1. The highest BCUT2D eigenvalue weighted by Crippen LogP contribution is 2.18. The van der Waals surface area contributed by atoms with Crippen molar-refractivity contribution in [2.75, 3.05) is 19.6 Å². The van der Waals surface area contributed by atoms with Gasteiger partial charge in [-0.15, -0.1) is 0 Å². The molecule has 1 aliphatic carbocycles. The molecule has 0 aromatic heterocycles. The van der Waals surface area contributed by atoms with E-state index in [2.05, 4.69) is 5.32 Å². The van der Waals surface area contributed by atoms with Gasteiger partial charge in [-0.1, -0.05) is 0 Å². The van der Waals surface area contributed by atoms with Crippen LogP contribution < -0.4 is 5.32 Å². The van der Waals surface area contributed by atoms with E-state index in [9.17, 15) is 14.4 Å². The third-order valence-corrected chi connectivity index (χ3v) is 2.32. The highest BCUT2D eigenvalue weighted by molar-refractivity contribution is 5.77. The summed E-state index contributed by atoms with van der Waals surface area (Å²) in [6.45, 7) is -0.608. The molecule has 1 amide bonds. The first-order valence-corrected chi connectivity index (χ1v) is 5.42.